The van der Waals surface area contributed by atoms with Gasteiger partial charge in [-0.2, -0.15) is 0 Å². The Bertz CT molecular complexity index is 585. The van der Waals surface area contributed by atoms with Gasteiger partial charge in [-0.1, -0.05) is 30.3 Å². The lowest BCUT2D eigenvalue weighted by molar-refractivity contribution is 0.262. The van der Waals surface area contributed by atoms with Crippen LogP contribution in [0.2, 0.25) is 0 Å². The van der Waals surface area contributed by atoms with Crippen LogP contribution >= 0.6 is 0 Å². The van der Waals surface area contributed by atoms with Crippen LogP contribution in [0.4, 0.5) is 16.2 Å². The summed E-state index contributed by atoms with van der Waals surface area (Å²) in [5.41, 5.74) is 10.2. The third-order valence-electron chi connectivity index (χ3n) is 3.17. The molecule has 4 N–H and O–H groups in total. The molecule has 0 heterocycles. The molecule has 0 saturated carbocycles. The number of hydrogen-bond acceptors (Lipinski definition) is 2. The number of rotatable bonds is 3. The molecule has 2 aromatic rings. The SMILES string of the molecule is Cc1cccc(C)c1NC(=O)Nc1ccc(CN)cc1. The third kappa shape index (κ3) is 3.36. The van der Waals surface area contributed by atoms with E-state index in [1.165, 1.54) is 0 Å². The number of anilines is 2. The van der Waals surface area contributed by atoms with Gasteiger partial charge in [0.15, 0.2) is 0 Å². The fourth-order valence-corrected chi connectivity index (χ4v) is 2.01. The fourth-order valence-electron chi connectivity index (χ4n) is 2.01. The van der Waals surface area contributed by atoms with Crippen LogP contribution in [-0.2, 0) is 6.54 Å². The Morgan fingerprint density at radius 3 is 2.15 bits per heavy atom. The molecule has 0 spiro atoms. The van der Waals surface area contributed by atoms with Gasteiger partial charge in [0.25, 0.3) is 0 Å². The molecular weight excluding hydrogens is 250 g/mol. The van der Waals surface area contributed by atoms with Gasteiger partial charge >= 0.3 is 6.03 Å². The van der Waals surface area contributed by atoms with Crippen LogP contribution in [0.5, 0.6) is 0 Å². The van der Waals surface area contributed by atoms with E-state index in [1.807, 2.05) is 56.3 Å². The largest absolute Gasteiger partial charge is 0.326 e. The van der Waals surface area contributed by atoms with Crippen LogP contribution in [0, 0.1) is 13.8 Å². The van der Waals surface area contributed by atoms with E-state index in [0.717, 1.165) is 28.1 Å². The van der Waals surface area contributed by atoms with E-state index in [9.17, 15) is 4.79 Å². The summed E-state index contributed by atoms with van der Waals surface area (Å²) in [5.74, 6) is 0. The molecule has 0 aromatic heterocycles. The summed E-state index contributed by atoms with van der Waals surface area (Å²) in [4.78, 5) is 12.0. The Labute approximate surface area is 119 Å². The van der Waals surface area contributed by atoms with Crippen molar-refractivity contribution in [2.45, 2.75) is 20.4 Å². The van der Waals surface area contributed by atoms with Crippen molar-refractivity contribution >= 4 is 17.4 Å². The molecule has 0 unspecified atom stereocenters. The molecular formula is C16H19N3O. The molecule has 2 amide bonds. The Hall–Kier alpha value is -2.33. The van der Waals surface area contributed by atoms with E-state index < -0.39 is 0 Å². The maximum atomic E-state index is 12.0. The first-order valence-corrected chi connectivity index (χ1v) is 6.53. The van der Waals surface area contributed by atoms with Crippen molar-refractivity contribution in [2.75, 3.05) is 10.6 Å². The van der Waals surface area contributed by atoms with Crippen molar-refractivity contribution in [2.24, 2.45) is 5.73 Å². The van der Waals surface area contributed by atoms with E-state index >= 15 is 0 Å². The van der Waals surface area contributed by atoms with Crippen LogP contribution in [0.15, 0.2) is 42.5 Å². The molecule has 2 rings (SSSR count). The van der Waals surface area contributed by atoms with E-state index in [1.54, 1.807) is 0 Å². The number of amides is 2. The highest BCUT2D eigenvalue weighted by atomic mass is 16.2. The van der Waals surface area contributed by atoms with E-state index in [0.29, 0.717) is 6.54 Å². The molecule has 0 aliphatic heterocycles. The quantitative estimate of drug-likeness (QED) is 0.799. The molecule has 4 heteroatoms. The molecule has 0 aliphatic carbocycles. The minimum Gasteiger partial charge on any atom is -0.326 e. The normalized spacial score (nSPS) is 10.2. The lowest BCUT2D eigenvalue weighted by Gasteiger charge is -2.12. The molecule has 0 aliphatic rings. The molecule has 4 nitrogen and oxygen atoms in total. The van der Waals surface area contributed by atoms with Crippen molar-refractivity contribution in [3.63, 3.8) is 0 Å². The summed E-state index contributed by atoms with van der Waals surface area (Å²) >= 11 is 0. The first-order chi connectivity index (χ1) is 9.60. The number of benzene rings is 2. The number of nitrogens with two attached hydrogens (primary N) is 1. The van der Waals surface area contributed by atoms with Crippen LogP contribution < -0.4 is 16.4 Å². The van der Waals surface area contributed by atoms with Crippen LogP contribution in [0.25, 0.3) is 0 Å². The van der Waals surface area contributed by atoms with Crippen LogP contribution in [0.3, 0.4) is 0 Å². The first-order valence-electron chi connectivity index (χ1n) is 6.53. The van der Waals surface area contributed by atoms with Gasteiger partial charge < -0.3 is 16.4 Å². The first kappa shape index (κ1) is 14.1. The second kappa shape index (κ2) is 6.21. The van der Waals surface area contributed by atoms with Gasteiger partial charge in [0.05, 0.1) is 0 Å². The molecule has 0 saturated heterocycles. The molecule has 0 atom stereocenters. The van der Waals surface area contributed by atoms with Crippen molar-refractivity contribution in [3.05, 3.63) is 59.2 Å². The van der Waals surface area contributed by atoms with Gasteiger partial charge in [-0.25, -0.2) is 4.79 Å². The fraction of sp³-hybridized carbons (Fsp3) is 0.188. The number of hydrogen-bond donors (Lipinski definition) is 3. The maximum absolute atomic E-state index is 12.0. The molecule has 0 radical (unpaired) electrons. The number of para-hydroxylation sites is 1. The summed E-state index contributed by atoms with van der Waals surface area (Å²) in [6.45, 7) is 4.44. The average molecular weight is 269 g/mol. The third-order valence-corrected chi connectivity index (χ3v) is 3.17. The summed E-state index contributed by atoms with van der Waals surface area (Å²) in [6, 6.07) is 13.1. The van der Waals surface area contributed by atoms with E-state index in [2.05, 4.69) is 10.6 Å². The lowest BCUT2D eigenvalue weighted by atomic mass is 10.1. The summed E-state index contributed by atoms with van der Waals surface area (Å²) in [5, 5.41) is 5.69. The predicted octanol–water partition coefficient (Wildman–Crippen LogP) is 3.41. The standard InChI is InChI=1S/C16H19N3O/c1-11-4-3-5-12(2)15(11)19-16(20)18-14-8-6-13(10-17)7-9-14/h3-9H,10,17H2,1-2H3,(H2,18,19,20). The predicted molar refractivity (Wildman–Crippen MR) is 82.9 cm³/mol. The van der Waals surface area contributed by atoms with Crippen LogP contribution in [0.1, 0.15) is 16.7 Å². The van der Waals surface area contributed by atoms with E-state index in [-0.39, 0.29) is 6.03 Å². The van der Waals surface area contributed by atoms with Crippen molar-refractivity contribution < 1.29 is 4.79 Å². The Morgan fingerprint density at radius 1 is 1.00 bits per heavy atom. The van der Waals surface area contributed by atoms with Gasteiger partial charge in [0, 0.05) is 17.9 Å². The summed E-state index contributed by atoms with van der Waals surface area (Å²) in [7, 11) is 0. The van der Waals surface area contributed by atoms with Gasteiger partial charge in [-0.3, -0.25) is 0 Å². The minimum atomic E-state index is -0.247. The molecule has 20 heavy (non-hydrogen) atoms. The zero-order chi connectivity index (χ0) is 14.5. The molecule has 0 fully saturated rings. The topological polar surface area (TPSA) is 67.2 Å². The smallest absolute Gasteiger partial charge is 0.323 e. The summed E-state index contributed by atoms with van der Waals surface area (Å²) < 4.78 is 0. The second-order valence-corrected chi connectivity index (χ2v) is 4.75. The maximum Gasteiger partial charge on any atom is 0.323 e. The van der Waals surface area contributed by atoms with Crippen molar-refractivity contribution in [1.29, 1.82) is 0 Å². The Kier molecular flexibility index (Phi) is 4.38. The zero-order valence-electron chi connectivity index (χ0n) is 11.7. The zero-order valence-corrected chi connectivity index (χ0v) is 11.7. The molecule has 2 aromatic carbocycles. The number of nitrogens with one attached hydrogen (secondary N) is 2. The number of carbonyl (C=O) groups is 1. The number of carbonyl (C=O) groups excluding carboxylic acids is 1. The minimum absolute atomic E-state index is 0.247. The van der Waals surface area contributed by atoms with Crippen molar-refractivity contribution in [1.82, 2.24) is 0 Å². The van der Waals surface area contributed by atoms with Gasteiger partial charge in [0.1, 0.15) is 0 Å². The molecule has 104 valence electrons. The Morgan fingerprint density at radius 2 is 1.60 bits per heavy atom. The average Bonchev–Trinajstić information content (AvgIpc) is 2.44. The number of aryl methyl sites for hydroxylation is 2. The Balaban J connectivity index is 2.05. The highest BCUT2D eigenvalue weighted by Gasteiger charge is 2.07. The summed E-state index contributed by atoms with van der Waals surface area (Å²) in [6.07, 6.45) is 0. The van der Waals surface area contributed by atoms with Gasteiger partial charge in [-0.15, -0.1) is 0 Å². The highest BCUT2D eigenvalue weighted by molar-refractivity contribution is 6.00. The monoisotopic (exact) mass is 269 g/mol. The van der Waals surface area contributed by atoms with Gasteiger partial charge in [-0.05, 0) is 42.7 Å². The second-order valence-electron chi connectivity index (χ2n) is 4.75. The highest BCUT2D eigenvalue weighted by Crippen LogP contribution is 2.19. The number of urea groups is 1. The van der Waals surface area contributed by atoms with Gasteiger partial charge in [0.2, 0.25) is 0 Å². The van der Waals surface area contributed by atoms with Crippen molar-refractivity contribution in [3.8, 4) is 0 Å². The van der Waals surface area contributed by atoms with E-state index in [4.69, 9.17) is 5.73 Å². The molecule has 0 bridgehead atoms. The lowest BCUT2D eigenvalue weighted by Crippen LogP contribution is -2.20. The van der Waals surface area contributed by atoms with Crippen LogP contribution in [-0.4, -0.2) is 6.03 Å².